The minimum absolute atomic E-state index is 0.357. The van der Waals surface area contributed by atoms with Crippen LogP contribution in [0.3, 0.4) is 0 Å². The third-order valence-corrected chi connectivity index (χ3v) is 1.96. The molecule has 0 saturated heterocycles. The maximum atomic E-state index is 10.4. The van der Waals surface area contributed by atoms with Gasteiger partial charge in [-0.15, -0.1) is 0 Å². The summed E-state index contributed by atoms with van der Waals surface area (Å²) >= 11 is 0. The number of carbonyl (C=O) groups is 1. The van der Waals surface area contributed by atoms with Gasteiger partial charge in [0, 0.05) is 17.5 Å². The summed E-state index contributed by atoms with van der Waals surface area (Å²) in [5, 5.41) is 0. The lowest BCUT2D eigenvalue weighted by molar-refractivity contribution is 0.110. The first-order valence-electron chi connectivity index (χ1n) is 4.00. The van der Waals surface area contributed by atoms with Gasteiger partial charge in [0.25, 0.3) is 0 Å². The smallest absolute Gasteiger partial charge is 0.185 e. The number of furan rings is 1. The SMILES string of the molecule is Cc1[nH]ccc1-c1ccc(C=O)o1. The zero-order valence-electron chi connectivity index (χ0n) is 7.20. The lowest BCUT2D eigenvalue weighted by Gasteiger charge is -1.92. The third kappa shape index (κ3) is 1.28. The van der Waals surface area contributed by atoms with E-state index in [2.05, 4.69) is 4.98 Å². The number of hydrogen-bond acceptors (Lipinski definition) is 2. The fourth-order valence-electron chi connectivity index (χ4n) is 1.28. The average Bonchev–Trinajstić information content (AvgIpc) is 2.71. The number of hydrogen-bond donors (Lipinski definition) is 1. The van der Waals surface area contributed by atoms with Crippen LogP contribution in [0.25, 0.3) is 11.3 Å². The van der Waals surface area contributed by atoms with Gasteiger partial charge < -0.3 is 9.40 Å². The van der Waals surface area contributed by atoms with Crippen molar-refractivity contribution in [3.05, 3.63) is 35.9 Å². The van der Waals surface area contributed by atoms with E-state index in [1.807, 2.05) is 19.2 Å². The van der Waals surface area contributed by atoms with Crippen LogP contribution in [-0.4, -0.2) is 11.3 Å². The molecule has 0 radical (unpaired) electrons. The molecule has 1 N–H and O–H groups in total. The van der Waals surface area contributed by atoms with Crippen molar-refractivity contribution in [3.8, 4) is 11.3 Å². The van der Waals surface area contributed by atoms with Gasteiger partial charge in [-0.3, -0.25) is 4.79 Å². The van der Waals surface area contributed by atoms with Gasteiger partial charge in [0.05, 0.1) is 0 Å². The molecule has 0 bridgehead atoms. The summed E-state index contributed by atoms with van der Waals surface area (Å²) in [4.78, 5) is 13.4. The molecule has 0 aliphatic heterocycles. The second-order valence-electron chi connectivity index (χ2n) is 2.84. The average molecular weight is 175 g/mol. The Labute approximate surface area is 75.4 Å². The Morgan fingerprint density at radius 2 is 2.23 bits per heavy atom. The van der Waals surface area contributed by atoms with E-state index in [0.717, 1.165) is 17.0 Å². The Kier molecular flexibility index (Phi) is 1.77. The molecule has 2 aromatic heterocycles. The molecule has 3 nitrogen and oxygen atoms in total. The Bertz CT molecular complexity index is 426. The van der Waals surface area contributed by atoms with E-state index in [4.69, 9.17) is 4.42 Å². The molecule has 0 aliphatic carbocycles. The number of H-pyrrole nitrogens is 1. The van der Waals surface area contributed by atoms with Crippen molar-refractivity contribution >= 4 is 6.29 Å². The van der Waals surface area contributed by atoms with Crippen LogP contribution in [0.1, 0.15) is 16.2 Å². The van der Waals surface area contributed by atoms with Crippen molar-refractivity contribution in [1.82, 2.24) is 4.98 Å². The van der Waals surface area contributed by atoms with Crippen molar-refractivity contribution < 1.29 is 9.21 Å². The van der Waals surface area contributed by atoms with Gasteiger partial charge in [0.1, 0.15) is 5.76 Å². The van der Waals surface area contributed by atoms with E-state index >= 15 is 0 Å². The van der Waals surface area contributed by atoms with Crippen LogP contribution in [0.5, 0.6) is 0 Å². The van der Waals surface area contributed by atoms with Crippen molar-refractivity contribution in [2.75, 3.05) is 0 Å². The van der Waals surface area contributed by atoms with Gasteiger partial charge in [-0.1, -0.05) is 0 Å². The molecule has 3 heteroatoms. The largest absolute Gasteiger partial charge is 0.453 e. The second kappa shape index (κ2) is 2.94. The topological polar surface area (TPSA) is 46.0 Å². The molecule has 2 rings (SSSR count). The van der Waals surface area contributed by atoms with E-state index in [1.54, 1.807) is 12.1 Å². The Balaban J connectivity index is 2.46. The van der Waals surface area contributed by atoms with E-state index in [-0.39, 0.29) is 0 Å². The lowest BCUT2D eigenvalue weighted by Crippen LogP contribution is -1.74. The fraction of sp³-hybridized carbons (Fsp3) is 0.100. The number of rotatable bonds is 2. The molecule has 0 saturated carbocycles. The molecular formula is C10H9NO2. The normalized spacial score (nSPS) is 10.2. The van der Waals surface area contributed by atoms with E-state index in [9.17, 15) is 4.79 Å². The first-order valence-corrected chi connectivity index (χ1v) is 4.00. The van der Waals surface area contributed by atoms with Crippen LogP contribution >= 0.6 is 0 Å². The fourth-order valence-corrected chi connectivity index (χ4v) is 1.28. The quantitative estimate of drug-likeness (QED) is 0.712. The van der Waals surface area contributed by atoms with E-state index in [1.165, 1.54) is 0 Å². The number of aldehydes is 1. The van der Waals surface area contributed by atoms with Crippen LogP contribution in [0.15, 0.2) is 28.8 Å². The summed E-state index contributed by atoms with van der Waals surface area (Å²) in [6, 6.07) is 5.37. The van der Waals surface area contributed by atoms with Crippen molar-refractivity contribution in [2.24, 2.45) is 0 Å². The molecule has 2 heterocycles. The van der Waals surface area contributed by atoms with Crippen LogP contribution in [0, 0.1) is 6.92 Å². The zero-order valence-corrected chi connectivity index (χ0v) is 7.20. The van der Waals surface area contributed by atoms with Gasteiger partial charge in [0.15, 0.2) is 12.0 Å². The van der Waals surface area contributed by atoms with E-state index < -0.39 is 0 Å². The maximum absolute atomic E-state index is 10.4. The van der Waals surface area contributed by atoms with Crippen molar-refractivity contribution in [3.63, 3.8) is 0 Å². The highest BCUT2D eigenvalue weighted by Crippen LogP contribution is 2.23. The van der Waals surface area contributed by atoms with Crippen molar-refractivity contribution in [2.45, 2.75) is 6.92 Å². The summed E-state index contributed by atoms with van der Waals surface area (Å²) in [5.74, 6) is 1.08. The first-order chi connectivity index (χ1) is 6.31. The maximum Gasteiger partial charge on any atom is 0.185 e. The van der Waals surface area contributed by atoms with Gasteiger partial charge in [0.2, 0.25) is 0 Å². The number of aryl methyl sites for hydroxylation is 1. The van der Waals surface area contributed by atoms with Crippen LogP contribution < -0.4 is 0 Å². The molecule has 0 unspecified atom stereocenters. The van der Waals surface area contributed by atoms with Crippen LogP contribution in [0.4, 0.5) is 0 Å². The second-order valence-corrected chi connectivity index (χ2v) is 2.84. The van der Waals surface area contributed by atoms with Gasteiger partial charge in [-0.05, 0) is 25.1 Å². The molecule has 66 valence electrons. The number of nitrogens with one attached hydrogen (secondary N) is 1. The Hall–Kier alpha value is -1.77. The van der Waals surface area contributed by atoms with Gasteiger partial charge in [-0.2, -0.15) is 0 Å². The third-order valence-electron chi connectivity index (χ3n) is 1.96. The molecule has 0 aliphatic rings. The summed E-state index contributed by atoms with van der Waals surface area (Å²) in [5.41, 5.74) is 2.03. The number of aromatic amines is 1. The standard InChI is InChI=1S/C10H9NO2/c1-7-9(4-5-11-7)10-3-2-8(6-12)13-10/h2-6,11H,1H3. The molecule has 13 heavy (non-hydrogen) atoms. The number of aromatic nitrogens is 1. The van der Waals surface area contributed by atoms with E-state index in [0.29, 0.717) is 12.0 Å². The highest BCUT2D eigenvalue weighted by Gasteiger charge is 2.06. The molecule has 0 atom stereocenters. The summed E-state index contributed by atoms with van der Waals surface area (Å²) < 4.78 is 5.27. The molecular weight excluding hydrogens is 166 g/mol. The molecule has 0 aromatic carbocycles. The summed E-state index contributed by atoms with van der Waals surface area (Å²) in [6.07, 6.45) is 2.54. The molecule has 2 aromatic rings. The number of carbonyl (C=O) groups excluding carboxylic acids is 1. The highest BCUT2D eigenvalue weighted by molar-refractivity contribution is 5.73. The lowest BCUT2D eigenvalue weighted by atomic mass is 10.2. The minimum atomic E-state index is 0.357. The van der Waals surface area contributed by atoms with Crippen molar-refractivity contribution in [1.29, 1.82) is 0 Å². The summed E-state index contributed by atoms with van der Waals surface area (Å²) in [6.45, 7) is 1.96. The monoisotopic (exact) mass is 175 g/mol. The highest BCUT2D eigenvalue weighted by atomic mass is 16.3. The molecule has 0 fully saturated rings. The predicted octanol–water partition coefficient (Wildman–Crippen LogP) is 2.40. The van der Waals surface area contributed by atoms with Crippen LogP contribution in [0.2, 0.25) is 0 Å². The molecule has 0 spiro atoms. The van der Waals surface area contributed by atoms with Crippen LogP contribution in [-0.2, 0) is 0 Å². The summed E-state index contributed by atoms with van der Waals surface area (Å²) in [7, 11) is 0. The zero-order chi connectivity index (χ0) is 9.26. The minimum Gasteiger partial charge on any atom is -0.453 e. The van der Waals surface area contributed by atoms with Gasteiger partial charge in [-0.25, -0.2) is 0 Å². The molecule has 0 amide bonds. The first kappa shape index (κ1) is 7.86. The van der Waals surface area contributed by atoms with Gasteiger partial charge >= 0.3 is 0 Å². The Morgan fingerprint density at radius 3 is 2.77 bits per heavy atom. The Morgan fingerprint density at radius 1 is 1.38 bits per heavy atom. The predicted molar refractivity (Wildman–Crippen MR) is 48.6 cm³/mol.